The average molecular weight is 372 g/mol. The summed E-state index contributed by atoms with van der Waals surface area (Å²) >= 11 is 3.79. The summed E-state index contributed by atoms with van der Waals surface area (Å²) in [6.07, 6.45) is 0.813. The van der Waals surface area contributed by atoms with Crippen LogP contribution in [0.4, 0.5) is 5.69 Å². The molecule has 0 fully saturated rings. The van der Waals surface area contributed by atoms with Crippen LogP contribution < -0.4 is 11.1 Å². The van der Waals surface area contributed by atoms with Crippen LogP contribution in [-0.4, -0.2) is 12.5 Å². The molecule has 1 amide bonds. The van der Waals surface area contributed by atoms with Gasteiger partial charge in [-0.1, -0.05) is 12.1 Å². The van der Waals surface area contributed by atoms with Gasteiger partial charge in [-0.15, -0.1) is 11.3 Å². The molecule has 1 aromatic heterocycles. The van der Waals surface area contributed by atoms with E-state index in [-0.39, 0.29) is 5.91 Å². The summed E-state index contributed by atoms with van der Waals surface area (Å²) in [5, 5.41) is 4.78. The Balaban J connectivity index is 1.82. The van der Waals surface area contributed by atoms with Gasteiger partial charge in [-0.2, -0.15) is 0 Å². The molecule has 0 aliphatic carbocycles. The number of halogens is 1. The molecule has 0 bridgehead atoms. The van der Waals surface area contributed by atoms with E-state index in [1.165, 1.54) is 5.56 Å². The number of anilines is 1. The smallest absolute Gasteiger partial charge is 0.252 e. The lowest BCUT2D eigenvalue weighted by Gasteiger charge is -2.04. The minimum Gasteiger partial charge on any atom is -0.399 e. The number of carbonyl (C=O) groups is 1. The second-order valence-corrected chi connectivity index (χ2v) is 6.69. The van der Waals surface area contributed by atoms with Gasteiger partial charge in [0.05, 0.1) is 8.45 Å². The van der Waals surface area contributed by atoms with Crippen LogP contribution in [0.1, 0.15) is 15.9 Å². The molecule has 0 saturated carbocycles. The van der Waals surface area contributed by atoms with Crippen molar-refractivity contribution in [3.8, 4) is 0 Å². The van der Waals surface area contributed by atoms with Crippen LogP contribution in [0.2, 0.25) is 0 Å². The third-order valence-electron chi connectivity index (χ3n) is 2.51. The SMILES string of the molecule is Nc1ccc(CCNC(=O)c2csc(I)c2)cc1. The molecule has 2 aromatic rings. The summed E-state index contributed by atoms with van der Waals surface area (Å²) < 4.78 is 1.12. The van der Waals surface area contributed by atoms with E-state index in [1.807, 2.05) is 35.7 Å². The Hall–Kier alpha value is -1.08. The van der Waals surface area contributed by atoms with Gasteiger partial charge >= 0.3 is 0 Å². The van der Waals surface area contributed by atoms with Gasteiger partial charge in [-0.3, -0.25) is 4.79 Å². The Bertz CT molecular complexity index is 536. The first-order valence-corrected chi connectivity index (χ1v) is 7.47. The highest BCUT2D eigenvalue weighted by Gasteiger charge is 2.06. The lowest BCUT2D eigenvalue weighted by Crippen LogP contribution is -2.25. The third kappa shape index (κ3) is 3.71. The van der Waals surface area contributed by atoms with Crippen molar-refractivity contribution in [2.24, 2.45) is 0 Å². The van der Waals surface area contributed by atoms with Crippen molar-refractivity contribution in [1.29, 1.82) is 0 Å². The molecule has 1 heterocycles. The maximum Gasteiger partial charge on any atom is 0.252 e. The topological polar surface area (TPSA) is 55.1 Å². The fraction of sp³-hybridized carbons (Fsp3) is 0.154. The Morgan fingerprint density at radius 1 is 1.33 bits per heavy atom. The Morgan fingerprint density at radius 2 is 2.06 bits per heavy atom. The highest BCUT2D eigenvalue weighted by atomic mass is 127. The fourth-order valence-corrected chi connectivity index (χ4v) is 2.86. The molecule has 0 saturated heterocycles. The Morgan fingerprint density at radius 3 is 2.67 bits per heavy atom. The van der Waals surface area contributed by atoms with E-state index in [0.717, 1.165) is 20.6 Å². The van der Waals surface area contributed by atoms with Crippen molar-refractivity contribution in [3.05, 3.63) is 49.7 Å². The molecule has 94 valence electrons. The summed E-state index contributed by atoms with van der Waals surface area (Å²) in [6, 6.07) is 9.60. The first-order valence-electron chi connectivity index (χ1n) is 5.52. The maximum absolute atomic E-state index is 11.8. The van der Waals surface area contributed by atoms with Crippen molar-refractivity contribution in [1.82, 2.24) is 5.32 Å². The van der Waals surface area contributed by atoms with E-state index in [2.05, 4.69) is 27.9 Å². The van der Waals surface area contributed by atoms with Gasteiger partial charge in [0, 0.05) is 17.6 Å². The molecule has 3 N–H and O–H groups in total. The first kappa shape index (κ1) is 13.4. The molecule has 0 aliphatic heterocycles. The lowest BCUT2D eigenvalue weighted by atomic mass is 10.1. The second-order valence-electron chi connectivity index (χ2n) is 3.89. The molecule has 0 unspecified atom stereocenters. The minimum atomic E-state index is -0.00962. The predicted octanol–water partition coefficient (Wildman–Crippen LogP) is 2.91. The van der Waals surface area contributed by atoms with Crippen LogP contribution in [0.3, 0.4) is 0 Å². The van der Waals surface area contributed by atoms with Crippen molar-refractivity contribution < 1.29 is 4.79 Å². The van der Waals surface area contributed by atoms with Crippen molar-refractivity contribution in [2.45, 2.75) is 6.42 Å². The molecule has 2 rings (SSSR count). The molecule has 0 radical (unpaired) electrons. The van der Waals surface area contributed by atoms with E-state index >= 15 is 0 Å². The monoisotopic (exact) mass is 372 g/mol. The van der Waals surface area contributed by atoms with Gasteiger partial charge < -0.3 is 11.1 Å². The molecular weight excluding hydrogens is 359 g/mol. The van der Waals surface area contributed by atoms with Gasteiger partial charge in [0.1, 0.15) is 0 Å². The largest absolute Gasteiger partial charge is 0.399 e. The predicted molar refractivity (Wildman–Crippen MR) is 83.9 cm³/mol. The number of hydrogen-bond acceptors (Lipinski definition) is 3. The number of hydrogen-bond donors (Lipinski definition) is 2. The van der Waals surface area contributed by atoms with Crippen molar-refractivity contribution in [3.63, 3.8) is 0 Å². The number of amides is 1. The van der Waals surface area contributed by atoms with Crippen LogP contribution in [0.25, 0.3) is 0 Å². The van der Waals surface area contributed by atoms with Crippen LogP contribution in [0, 0.1) is 2.88 Å². The quantitative estimate of drug-likeness (QED) is 0.641. The highest BCUT2D eigenvalue weighted by molar-refractivity contribution is 14.1. The zero-order chi connectivity index (χ0) is 13.0. The average Bonchev–Trinajstić information content (AvgIpc) is 2.78. The summed E-state index contributed by atoms with van der Waals surface area (Å²) in [5.74, 6) is -0.00962. The number of nitrogens with one attached hydrogen (secondary N) is 1. The molecule has 5 heteroatoms. The number of nitrogen functional groups attached to an aromatic ring is 1. The standard InChI is InChI=1S/C13H13IN2OS/c14-12-7-10(8-18-12)13(17)16-6-5-9-1-3-11(15)4-2-9/h1-4,7-8H,5-6,15H2,(H,16,17). The second kappa shape index (κ2) is 6.19. The van der Waals surface area contributed by atoms with Gasteiger partial charge in [0.2, 0.25) is 0 Å². The number of carbonyl (C=O) groups excluding carboxylic acids is 1. The van der Waals surface area contributed by atoms with Gasteiger partial charge in [0.25, 0.3) is 5.91 Å². The third-order valence-corrected chi connectivity index (χ3v) is 4.30. The van der Waals surface area contributed by atoms with E-state index in [9.17, 15) is 4.79 Å². The van der Waals surface area contributed by atoms with Crippen LogP contribution >= 0.6 is 33.9 Å². The number of benzene rings is 1. The molecule has 0 aliphatic rings. The zero-order valence-electron chi connectivity index (χ0n) is 9.65. The minimum absolute atomic E-state index is 0.00962. The Kier molecular flexibility index (Phi) is 4.60. The molecule has 1 aromatic carbocycles. The summed E-state index contributed by atoms with van der Waals surface area (Å²) in [6.45, 7) is 0.634. The zero-order valence-corrected chi connectivity index (χ0v) is 12.6. The molecular formula is C13H13IN2OS. The van der Waals surface area contributed by atoms with Crippen LogP contribution in [-0.2, 0) is 6.42 Å². The van der Waals surface area contributed by atoms with Gasteiger partial charge in [0.15, 0.2) is 0 Å². The van der Waals surface area contributed by atoms with Gasteiger partial charge in [-0.25, -0.2) is 0 Å². The molecule has 0 spiro atoms. The van der Waals surface area contributed by atoms with E-state index in [1.54, 1.807) is 11.3 Å². The van der Waals surface area contributed by atoms with E-state index in [0.29, 0.717) is 6.54 Å². The summed E-state index contributed by atoms with van der Waals surface area (Å²) in [7, 11) is 0. The number of rotatable bonds is 4. The molecule has 0 atom stereocenters. The summed E-state index contributed by atoms with van der Waals surface area (Å²) in [4.78, 5) is 11.8. The van der Waals surface area contributed by atoms with E-state index < -0.39 is 0 Å². The highest BCUT2D eigenvalue weighted by Crippen LogP contribution is 2.16. The van der Waals surface area contributed by atoms with Crippen LogP contribution in [0.5, 0.6) is 0 Å². The summed E-state index contributed by atoms with van der Waals surface area (Å²) in [5.41, 5.74) is 8.28. The normalized spacial score (nSPS) is 10.3. The fourth-order valence-electron chi connectivity index (χ4n) is 1.54. The van der Waals surface area contributed by atoms with Crippen molar-refractivity contribution in [2.75, 3.05) is 12.3 Å². The molecule has 3 nitrogen and oxygen atoms in total. The van der Waals surface area contributed by atoms with Crippen molar-refractivity contribution >= 4 is 45.5 Å². The Labute approximate surface area is 124 Å². The van der Waals surface area contributed by atoms with Gasteiger partial charge in [-0.05, 0) is 52.8 Å². The number of nitrogens with two attached hydrogens (primary N) is 1. The molecule has 18 heavy (non-hydrogen) atoms. The lowest BCUT2D eigenvalue weighted by molar-refractivity contribution is 0.0954. The first-order chi connectivity index (χ1) is 8.65. The van der Waals surface area contributed by atoms with E-state index in [4.69, 9.17) is 5.73 Å². The van der Waals surface area contributed by atoms with Crippen LogP contribution in [0.15, 0.2) is 35.7 Å². The maximum atomic E-state index is 11.8. The number of thiophene rings is 1.